The number of benzene rings is 2. The molecule has 6 nitrogen and oxygen atoms in total. The molecule has 1 heterocycles. The molecule has 0 atom stereocenters. The van der Waals surface area contributed by atoms with Crippen LogP contribution in [0.25, 0.3) is 0 Å². The highest BCUT2D eigenvalue weighted by atomic mass is 32.1. The third kappa shape index (κ3) is 6.28. The minimum absolute atomic E-state index is 0.112. The van der Waals surface area contributed by atoms with Crippen molar-refractivity contribution in [1.82, 2.24) is 10.6 Å². The van der Waals surface area contributed by atoms with Crippen molar-refractivity contribution in [3.8, 4) is 0 Å². The molecule has 0 spiro atoms. The molecule has 0 saturated carbocycles. The summed E-state index contributed by atoms with van der Waals surface area (Å²) in [6, 6.07) is 18.1. The molecule has 0 saturated heterocycles. The van der Waals surface area contributed by atoms with Gasteiger partial charge in [-0.15, -0.1) is 11.3 Å². The molecule has 0 aliphatic carbocycles. The lowest BCUT2D eigenvalue weighted by molar-refractivity contribution is -0.115. The first kappa shape index (κ1) is 21.3. The molecular formula is C23H23N3O3S. The van der Waals surface area contributed by atoms with E-state index in [4.69, 9.17) is 0 Å². The monoisotopic (exact) mass is 421 g/mol. The summed E-state index contributed by atoms with van der Waals surface area (Å²) in [7, 11) is 0. The maximum Gasteiger partial charge on any atom is 0.261 e. The zero-order valence-corrected chi connectivity index (χ0v) is 17.4. The molecule has 0 fully saturated rings. The fourth-order valence-electron chi connectivity index (χ4n) is 2.87. The van der Waals surface area contributed by atoms with Gasteiger partial charge < -0.3 is 16.0 Å². The number of thiophene rings is 1. The number of carbonyl (C=O) groups excluding carboxylic acids is 3. The molecule has 2 aromatic carbocycles. The Balaban J connectivity index is 1.42. The number of amides is 3. The molecule has 30 heavy (non-hydrogen) atoms. The van der Waals surface area contributed by atoms with Gasteiger partial charge in [0.2, 0.25) is 5.91 Å². The van der Waals surface area contributed by atoms with E-state index in [1.165, 1.54) is 11.3 Å². The van der Waals surface area contributed by atoms with Crippen molar-refractivity contribution in [1.29, 1.82) is 0 Å². The van der Waals surface area contributed by atoms with E-state index in [-0.39, 0.29) is 17.7 Å². The maximum absolute atomic E-state index is 12.2. The maximum atomic E-state index is 12.2. The molecule has 3 N–H and O–H groups in total. The van der Waals surface area contributed by atoms with Gasteiger partial charge in [-0.25, -0.2) is 0 Å². The van der Waals surface area contributed by atoms with Crippen molar-refractivity contribution in [3.63, 3.8) is 0 Å². The highest BCUT2D eigenvalue weighted by Gasteiger charge is 2.09. The molecule has 7 heteroatoms. The molecule has 3 amide bonds. The lowest BCUT2D eigenvalue weighted by Crippen LogP contribution is -2.34. The molecular weight excluding hydrogens is 398 g/mol. The molecule has 0 aliphatic heterocycles. The fraction of sp³-hybridized carbons (Fsp3) is 0.174. The number of hydrogen-bond donors (Lipinski definition) is 3. The van der Waals surface area contributed by atoms with Crippen LogP contribution in [0.3, 0.4) is 0 Å². The van der Waals surface area contributed by atoms with Crippen LogP contribution in [0.4, 0.5) is 5.69 Å². The molecule has 1 aromatic heterocycles. The second-order valence-corrected chi connectivity index (χ2v) is 7.73. The van der Waals surface area contributed by atoms with Crippen LogP contribution in [-0.4, -0.2) is 30.8 Å². The predicted octanol–water partition coefficient (Wildman–Crippen LogP) is 3.40. The van der Waals surface area contributed by atoms with Gasteiger partial charge in [-0.05, 0) is 48.2 Å². The van der Waals surface area contributed by atoms with Gasteiger partial charge in [0.1, 0.15) is 0 Å². The van der Waals surface area contributed by atoms with Crippen molar-refractivity contribution in [2.24, 2.45) is 0 Å². The van der Waals surface area contributed by atoms with Crippen LogP contribution in [0, 0.1) is 6.92 Å². The smallest absolute Gasteiger partial charge is 0.261 e. The number of aryl methyl sites for hydroxylation is 1. The van der Waals surface area contributed by atoms with E-state index in [0.717, 1.165) is 11.1 Å². The average molecular weight is 422 g/mol. The topological polar surface area (TPSA) is 87.3 Å². The van der Waals surface area contributed by atoms with Crippen LogP contribution in [0.1, 0.15) is 31.2 Å². The molecule has 0 bridgehead atoms. The first-order valence-electron chi connectivity index (χ1n) is 9.56. The Bertz CT molecular complexity index is 1010. The zero-order chi connectivity index (χ0) is 21.3. The third-order valence-corrected chi connectivity index (χ3v) is 5.19. The van der Waals surface area contributed by atoms with Gasteiger partial charge in [0.15, 0.2) is 0 Å². The van der Waals surface area contributed by atoms with Gasteiger partial charge in [-0.3, -0.25) is 14.4 Å². The van der Waals surface area contributed by atoms with E-state index in [1.54, 1.807) is 30.3 Å². The quantitative estimate of drug-likeness (QED) is 0.487. The summed E-state index contributed by atoms with van der Waals surface area (Å²) in [5, 5.41) is 10.2. The van der Waals surface area contributed by atoms with Crippen molar-refractivity contribution >= 4 is 34.7 Å². The fourth-order valence-corrected chi connectivity index (χ4v) is 3.51. The molecule has 0 aliphatic rings. The van der Waals surface area contributed by atoms with Gasteiger partial charge in [0.25, 0.3) is 11.8 Å². The number of carbonyl (C=O) groups is 3. The Hall–Kier alpha value is -3.45. The van der Waals surface area contributed by atoms with Gasteiger partial charge in [-0.1, -0.05) is 35.9 Å². The van der Waals surface area contributed by atoms with E-state index in [0.29, 0.717) is 35.6 Å². The average Bonchev–Trinajstić information content (AvgIpc) is 3.26. The highest BCUT2D eigenvalue weighted by Crippen LogP contribution is 2.11. The Morgan fingerprint density at radius 2 is 1.60 bits per heavy atom. The molecule has 0 unspecified atom stereocenters. The van der Waals surface area contributed by atoms with Gasteiger partial charge in [0.05, 0.1) is 11.3 Å². The van der Waals surface area contributed by atoms with Crippen LogP contribution < -0.4 is 16.0 Å². The third-order valence-electron chi connectivity index (χ3n) is 4.32. The summed E-state index contributed by atoms with van der Waals surface area (Å²) in [5.74, 6) is -0.498. The minimum atomic E-state index is -0.238. The Labute approximate surface area is 179 Å². The number of anilines is 1. The second-order valence-electron chi connectivity index (χ2n) is 6.78. The first-order valence-corrected chi connectivity index (χ1v) is 10.4. The SMILES string of the molecule is Cc1cccc(CC(=O)Nc2ccc(C(=O)NCCNC(=O)c3cccs3)cc2)c1. The summed E-state index contributed by atoms with van der Waals surface area (Å²) in [5.41, 5.74) is 3.18. The van der Waals surface area contributed by atoms with E-state index in [2.05, 4.69) is 16.0 Å². The van der Waals surface area contributed by atoms with Crippen LogP contribution in [-0.2, 0) is 11.2 Å². The Morgan fingerprint density at radius 1 is 0.867 bits per heavy atom. The summed E-state index contributed by atoms with van der Waals surface area (Å²) >= 11 is 1.37. The zero-order valence-electron chi connectivity index (χ0n) is 16.6. The largest absolute Gasteiger partial charge is 0.350 e. The normalized spacial score (nSPS) is 10.3. The van der Waals surface area contributed by atoms with Gasteiger partial charge in [-0.2, -0.15) is 0 Å². The minimum Gasteiger partial charge on any atom is -0.350 e. The van der Waals surface area contributed by atoms with Crippen molar-refractivity contribution in [2.45, 2.75) is 13.3 Å². The van der Waals surface area contributed by atoms with E-state index in [9.17, 15) is 14.4 Å². The Kier molecular flexibility index (Phi) is 7.34. The van der Waals surface area contributed by atoms with Gasteiger partial charge in [0, 0.05) is 24.3 Å². The summed E-state index contributed by atoms with van der Waals surface area (Å²) in [4.78, 5) is 36.9. The van der Waals surface area contributed by atoms with Crippen LogP contribution in [0.5, 0.6) is 0 Å². The van der Waals surface area contributed by atoms with Crippen LogP contribution in [0.15, 0.2) is 66.0 Å². The van der Waals surface area contributed by atoms with Crippen molar-refractivity contribution in [3.05, 3.63) is 87.6 Å². The Morgan fingerprint density at radius 3 is 2.27 bits per heavy atom. The van der Waals surface area contributed by atoms with Crippen molar-refractivity contribution < 1.29 is 14.4 Å². The molecule has 154 valence electrons. The number of rotatable bonds is 8. The van der Waals surface area contributed by atoms with Crippen LogP contribution >= 0.6 is 11.3 Å². The number of nitrogens with one attached hydrogen (secondary N) is 3. The lowest BCUT2D eigenvalue weighted by atomic mass is 10.1. The van der Waals surface area contributed by atoms with E-state index >= 15 is 0 Å². The summed E-state index contributed by atoms with van der Waals surface area (Å²) in [6.07, 6.45) is 0.293. The van der Waals surface area contributed by atoms with Crippen molar-refractivity contribution in [2.75, 3.05) is 18.4 Å². The lowest BCUT2D eigenvalue weighted by Gasteiger charge is -2.08. The van der Waals surface area contributed by atoms with E-state index < -0.39 is 0 Å². The second kappa shape index (κ2) is 10.4. The molecule has 0 radical (unpaired) electrons. The molecule has 3 aromatic rings. The highest BCUT2D eigenvalue weighted by molar-refractivity contribution is 7.12. The summed E-state index contributed by atoms with van der Waals surface area (Å²) in [6.45, 7) is 2.66. The molecule has 3 rings (SSSR count). The summed E-state index contributed by atoms with van der Waals surface area (Å²) < 4.78 is 0. The van der Waals surface area contributed by atoms with E-state index in [1.807, 2.05) is 42.6 Å². The standard InChI is InChI=1S/C23H23N3O3S/c1-16-4-2-5-17(14-16)15-21(27)26-19-9-7-18(8-10-19)22(28)24-11-12-25-23(29)20-6-3-13-30-20/h2-10,13-14H,11-12,15H2,1H3,(H,24,28)(H,25,29)(H,26,27). The number of hydrogen-bond acceptors (Lipinski definition) is 4. The van der Waals surface area contributed by atoms with Gasteiger partial charge >= 0.3 is 0 Å². The first-order chi connectivity index (χ1) is 14.5. The van der Waals surface area contributed by atoms with Crippen LogP contribution in [0.2, 0.25) is 0 Å². The predicted molar refractivity (Wildman–Crippen MR) is 119 cm³/mol.